The predicted molar refractivity (Wildman–Crippen MR) is 88.9 cm³/mol. The van der Waals surface area contributed by atoms with Crippen LogP contribution in [-0.4, -0.2) is 7.05 Å². The van der Waals surface area contributed by atoms with E-state index in [1.54, 1.807) is 11.3 Å². The van der Waals surface area contributed by atoms with Crippen molar-refractivity contribution in [2.45, 2.75) is 13.0 Å². The molecule has 102 valence electrons. The molecule has 3 rings (SSSR count). The molecule has 1 N–H and O–H groups in total. The van der Waals surface area contributed by atoms with E-state index in [9.17, 15) is 0 Å². The Morgan fingerprint density at radius 2 is 1.85 bits per heavy atom. The molecular weight excluding hydrogens is 286 g/mol. The Morgan fingerprint density at radius 3 is 2.55 bits per heavy atom. The summed E-state index contributed by atoms with van der Waals surface area (Å²) < 4.78 is 0. The quantitative estimate of drug-likeness (QED) is 0.703. The van der Waals surface area contributed by atoms with Gasteiger partial charge in [-0.25, -0.2) is 0 Å². The number of rotatable bonds is 3. The van der Waals surface area contributed by atoms with Crippen molar-refractivity contribution in [2.24, 2.45) is 0 Å². The highest BCUT2D eigenvalue weighted by atomic mass is 35.5. The maximum atomic E-state index is 6.45. The number of halogens is 1. The van der Waals surface area contributed by atoms with Gasteiger partial charge in [-0.2, -0.15) is 0 Å². The van der Waals surface area contributed by atoms with E-state index in [1.165, 1.54) is 21.2 Å². The summed E-state index contributed by atoms with van der Waals surface area (Å²) in [5, 5.41) is 8.94. The lowest BCUT2D eigenvalue weighted by Gasteiger charge is -2.18. The monoisotopic (exact) mass is 301 g/mol. The molecule has 0 aliphatic heterocycles. The zero-order valence-corrected chi connectivity index (χ0v) is 13.1. The number of hydrogen-bond acceptors (Lipinski definition) is 2. The predicted octanol–water partition coefficient (Wildman–Crippen LogP) is 5.17. The molecular formula is C17H16ClNS. The number of fused-ring (bicyclic) bond motifs is 1. The van der Waals surface area contributed by atoms with Crippen molar-refractivity contribution < 1.29 is 0 Å². The molecule has 0 saturated carbocycles. The second-order valence-electron chi connectivity index (χ2n) is 4.89. The minimum Gasteiger partial charge on any atom is -0.309 e. The van der Waals surface area contributed by atoms with Gasteiger partial charge in [0.25, 0.3) is 0 Å². The summed E-state index contributed by atoms with van der Waals surface area (Å²) in [7, 11) is 1.98. The summed E-state index contributed by atoms with van der Waals surface area (Å²) in [6.45, 7) is 2.05. The summed E-state index contributed by atoms with van der Waals surface area (Å²) in [4.78, 5) is 1.18. The minimum absolute atomic E-state index is 0.132. The van der Waals surface area contributed by atoms with Gasteiger partial charge >= 0.3 is 0 Å². The highest BCUT2D eigenvalue weighted by Gasteiger charge is 2.19. The van der Waals surface area contributed by atoms with Crippen molar-refractivity contribution in [3.8, 4) is 0 Å². The lowest BCUT2D eigenvalue weighted by molar-refractivity contribution is 0.709. The van der Waals surface area contributed by atoms with Crippen molar-refractivity contribution >= 4 is 33.7 Å². The lowest BCUT2D eigenvalue weighted by Crippen LogP contribution is -2.17. The Morgan fingerprint density at radius 1 is 1.10 bits per heavy atom. The van der Waals surface area contributed by atoms with E-state index >= 15 is 0 Å². The molecule has 0 radical (unpaired) electrons. The van der Waals surface area contributed by atoms with Gasteiger partial charge in [-0.3, -0.25) is 0 Å². The fraction of sp³-hybridized carbons (Fsp3) is 0.176. The topological polar surface area (TPSA) is 12.0 Å². The Bertz CT molecular complexity index is 742. The van der Waals surface area contributed by atoms with Crippen LogP contribution >= 0.6 is 22.9 Å². The molecule has 0 bridgehead atoms. The summed E-state index contributed by atoms with van der Waals surface area (Å²) in [5.74, 6) is 0. The third-order valence-corrected chi connectivity index (χ3v) is 5.39. The minimum atomic E-state index is 0.132. The Hall–Kier alpha value is -1.35. The smallest absolute Gasteiger partial charge is 0.0689 e. The third kappa shape index (κ3) is 2.24. The third-order valence-electron chi connectivity index (χ3n) is 3.61. The first-order valence-electron chi connectivity index (χ1n) is 6.60. The molecule has 0 saturated heterocycles. The zero-order valence-electron chi connectivity index (χ0n) is 11.5. The zero-order chi connectivity index (χ0) is 14.1. The highest BCUT2D eigenvalue weighted by Crippen LogP contribution is 2.37. The molecule has 20 heavy (non-hydrogen) atoms. The first-order valence-corrected chi connectivity index (χ1v) is 7.86. The van der Waals surface area contributed by atoms with Crippen LogP contribution in [0, 0.1) is 6.92 Å². The first-order chi connectivity index (χ1) is 9.72. The maximum absolute atomic E-state index is 6.45. The van der Waals surface area contributed by atoms with Gasteiger partial charge in [0.05, 0.1) is 11.1 Å². The average molecular weight is 302 g/mol. The Labute approximate surface area is 128 Å². The van der Waals surface area contributed by atoms with Crippen LogP contribution in [0.1, 0.15) is 22.0 Å². The van der Waals surface area contributed by atoms with Gasteiger partial charge in [0.2, 0.25) is 0 Å². The average Bonchev–Trinajstić information content (AvgIpc) is 2.81. The van der Waals surface area contributed by atoms with E-state index in [0.717, 1.165) is 10.6 Å². The molecule has 1 heterocycles. The summed E-state index contributed by atoms with van der Waals surface area (Å²) in [5.41, 5.74) is 2.42. The van der Waals surface area contributed by atoms with Crippen LogP contribution in [-0.2, 0) is 0 Å². The molecule has 3 aromatic rings. The summed E-state index contributed by atoms with van der Waals surface area (Å²) in [6.07, 6.45) is 0. The van der Waals surface area contributed by atoms with Gasteiger partial charge in [-0.1, -0.05) is 54.1 Å². The van der Waals surface area contributed by atoms with E-state index in [0.29, 0.717) is 0 Å². The number of hydrogen-bond donors (Lipinski definition) is 1. The van der Waals surface area contributed by atoms with Crippen molar-refractivity contribution in [3.63, 3.8) is 0 Å². The van der Waals surface area contributed by atoms with Crippen molar-refractivity contribution in [3.05, 3.63) is 68.9 Å². The van der Waals surface area contributed by atoms with Gasteiger partial charge in [-0.05, 0) is 41.3 Å². The standard InChI is InChI=1S/C17H16ClNS/c1-11-10-20-17(15(11)18)16(19-2)14-9-5-7-12-6-3-4-8-13(12)14/h3-10,16,19H,1-2H3. The van der Waals surface area contributed by atoms with Gasteiger partial charge in [0, 0.05) is 4.88 Å². The molecule has 1 unspecified atom stereocenters. The Balaban J connectivity index is 2.19. The maximum Gasteiger partial charge on any atom is 0.0689 e. The first kappa shape index (κ1) is 13.6. The van der Waals surface area contributed by atoms with Crippen LogP contribution < -0.4 is 5.32 Å². The highest BCUT2D eigenvalue weighted by molar-refractivity contribution is 7.10. The van der Waals surface area contributed by atoms with E-state index in [1.807, 2.05) is 7.05 Å². The Kier molecular flexibility index (Phi) is 3.79. The normalized spacial score (nSPS) is 12.8. The molecule has 0 fully saturated rings. The molecule has 1 aromatic heterocycles. The van der Waals surface area contributed by atoms with Crippen LogP contribution in [0.25, 0.3) is 10.8 Å². The van der Waals surface area contributed by atoms with Crippen molar-refractivity contribution in [1.82, 2.24) is 5.32 Å². The second kappa shape index (κ2) is 5.57. The largest absolute Gasteiger partial charge is 0.309 e. The van der Waals surface area contributed by atoms with E-state index in [4.69, 9.17) is 11.6 Å². The number of thiophene rings is 1. The van der Waals surface area contributed by atoms with Crippen LogP contribution in [0.5, 0.6) is 0 Å². The van der Waals surface area contributed by atoms with Crippen molar-refractivity contribution in [1.29, 1.82) is 0 Å². The van der Waals surface area contributed by atoms with Crippen molar-refractivity contribution in [2.75, 3.05) is 7.05 Å². The molecule has 0 aliphatic rings. The molecule has 2 aromatic carbocycles. The fourth-order valence-electron chi connectivity index (χ4n) is 2.57. The molecule has 1 atom stereocenters. The molecule has 0 aliphatic carbocycles. The van der Waals surface area contributed by atoms with Crippen LogP contribution in [0.4, 0.5) is 0 Å². The van der Waals surface area contributed by atoms with Gasteiger partial charge in [-0.15, -0.1) is 11.3 Å². The fourth-order valence-corrected chi connectivity index (χ4v) is 4.00. The molecule has 3 heteroatoms. The molecule has 1 nitrogen and oxygen atoms in total. The van der Waals surface area contributed by atoms with E-state index in [2.05, 4.69) is 60.1 Å². The number of aryl methyl sites for hydroxylation is 1. The molecule has 0 amide bonds. The van der Waals surface area contributed by atoms with Gasteiger partial charge < -0.3 is 5.32 Å². The number of nitrogens with one attached hydrogen (secondary N) is 1. The van der Waals surface area contributed by atoms with Crippen LogP contribution in [0.3, 0.4) is 0 Å². The SMILES string of the molecule is CNC(c1scc(C)c1Cl)c1cccc2ccccc12. The van der Waals surface area contributed by atoms with Crippen LogP contribution in [0.15, 0.2) is 47.8 Å². The second-order valence-corrected chi connectivity index (χ2v) is 6.18. The van der Waals surface area contributed by atoms with Gasteiger partial charge in [0.1, 0.15) is 0 Å². The van der Waals surface area contributed by atoms with E-state index < -0.39 is 0 Å². The van der Waals surface area contributed by atoms with Crippen LogP contribution in [0.2, 0.25) is 5.02 Å². The summed E-state index contributed by atoms with van der Waals surface area (Å²) >= 11 is 8.17. The van der Waals surface area contributed by atoms with E-state index in [-0.39, 0.29) is 6.04 Å². The lowest BCUT2D eigenvalue weighted by atomic mass is 9.97. The molecule has 0 spiro atoms. The summed E-state index contributed by atoms with van der Waals surface area (Å²) in [6, 6.07) is 15.0. The van der Waals surface area contributed by atoms with Gasteiger partial charge in [0.15, 0.2) is 0 Å². The number of benzene rings is 2.